The number of anilines is 1. The largest absolute Gasteiger partial charge is 0.495 e. The summed E-state index contributed by atoms with van der Waals surface area (Å²) in [6.45, 7) is 1.70. The Morgan fingerprint density at radius 2 is 1.72 bits per heavy atom. The predicted molar refractivity (Wildman–Crippen MR) is 122 cm³/mol. The second-order valence-electron chi connectivity index (χ2n) is 7.23. The summed E-state index contributed by atoms with van der Waals surface area (Å²) in [5, 5.41) is 2.74. The standard InChI is InChI=1S/C24H25FN2O4S/c1-18-8-13-23(31-2)22(16-18)27(32(29,30)21-6-4-3-5-7-21)17-24(28)26-15-14-19-9-11-20(25)12-10-19/h3-13,16H,14-15,17H2,1-2H3,(H,26,28). The fourth-order valence-electron chi connectivity index (χ4n) is 3.20. The van der Waals surface area contributed by atoms with E-state index in [1.807, 2.05) is 6.92 Å². The number of hydrogen-bond acceptors (Lipinski definition) is 4. The first-order valence-electron chi connectivity index (χ1n) is 10.0. The van der Waals surface area contributed by atoms with E-state index in [1.165, 1.54) is 31.4 Å². The van der Waals surface area contributed by atoms with Crippen molar-refractivity contribution in [2.45, 2.75) is 18.2 Å². The van der Waals surface area contributed by atoms with Crippen molar-refractivity contribution in [3.8, 4) is 5.75 Å². The smallest absolute Gasteiger partial charge is 0.264 e. The van der Waals surface area contributed by atoms with Gasteiger partial charge < -0.3 is 10.1 Å². The lowest BCUT2D eigenvalue weighted by Crippen LogP contribution is -2.41. The van der Waals surface area contributed by atoms with Gasteiger partial charge in [0, 0.05) is 6.54 Å². The number of sulfonamides is 1. The Kier molecular flexibility index (Phi) is 7.48. The van der Waals surface area contributed by atoms with E-state index in [1.54, 1.807) is 48.5 Å². The summed E-state index contributed by atoms with van der Waals surface area (Å²) in [4.78, 5) is 12.8. The van der Waals surface area contributed by atoms with Crippen molar-refractivity contribution < 1.29 is 22.3 Å². The number of aryl methyl sites for hydroxylation is 1. The molecular formula is C24H25FN2O4S. The van der Waals surface area contributed by atoms with Crippen LogP contribution in [-0.2, 0) is 21.2 Å². The molecule has 0 aliphatic heterocycles. The van der Waals surface area contributed by atoms with Crippen molar-refractivity contribution in [3.05, 3.63) is 89.7 Å². The monoisotopic (exact) mass is 456 g/mol. The molecule has 3 rings (SSSR count). The number of benzene rings is 3. The normalized spacial score (nSPS) is 11.1. The Morgan fingerprint density at radius 3 is 2.38 bits per heavy atom. The number of carbonyl (C=O) groups is 1. The topological polar surface area (TPSA) is 75.7 Å². The molecule has 0 fully saturated rings. The average molecular weight is 457 g/mol. The van der Waals surface area contributed by atoms with Crippen molar-refractivity contribution in [1.82, 2.24) is 5.32 Å². The SMILES string of the molecule is COc1ccc(C)cc1N(CC(=O)NCCc1ccc(F)cc1)S(=O)(=O)c1ccccc1. The highest BCUT2D eigenvalue weighted by atomic mass is 32.2. The van der Waals surface area contributed by atoms with Crippen LogP contribution in [0.25, 0.3) is 0 Å². The van der Waals surface area contributed by atoms with Crippen LogP contribution in [0, 0.1) is 12.7 Å². The second kappa shape index (κ2) is 10.3. The van der Waals surface area contributed by atoms with Gasteiger partial charge in [0.15, 0.2) is 0 Å². The van der Waals surface area contributed by atoms with Crippen LogP contribution in [0.3, 0.4) is 0 Å². The van der Waals surface area contributed by atoms with Gasteiger partial charge in [0.1, 0.15) is 18.1 Å². The molecular weight excluding hydrogens is 431 g/mol. The molecule has 3 aromatic carbocycles. The Hall–Kier alpha value is -3.39. The minimum Gasteiger partial charge on any atom is -0.495 e. The molecule has 6 nitrogen and oxygen atoms in total. The maximum Gasteiger partial charge on any atom is 0.264 e. The van der Waals surface area contributed by atoms with E-state index < -0.39 is 22.5 Å². The zero-order valence-corrected chi connectivity index (χ0v) is 18.7. The van der Waals surface area contributed by atoms with E-state index in [0.29, 0.717) is 12.2 Å². The number of ether oxygens (including phenoxy) is 1. The summed E-state index contributed by atoms with van der Waals surface area (Å²) >= 11 is 0. The molecule has 8 heteroatoms. The van der Waals surface area contributed by atoms with Gasteiger partial charge in [0.25, 0.3) is 10.0 Å². The molecule has 0 unspecified atom stereocenters. The first kappa shape index (κ1) is 23.3. The molecule has 0 atom stereocenters. The van der Waals surface area contributed by atoms with Crippen LogP contribution < -0.4 is 14.4 Å². The molecule has 32 heavy (non-hydrogen) atoms. The summed E-state index contributed by atoms with van der Waals surface area (Å²) in [7, 11) is -2.58. The van der Waals surface area contributed by atoms with Gasteiger partial charge in [-0.1, -0.05) is 36.4 Å². The molecule has 0 aliphatic rings. The molecule has 0 aromatic heterocycles. The minimum atomic E-state index is -4.03. The van der Waals surface area contributed by atoms with Gasteiger partial charge in [-0.2, -0.15) is 0 Å². The van der Waals surface area contributed by atoms with Crippen molar-refractivity contribution in [1.29, 1.82) is 0 Å². The zero-order chi connectivity index (χ0) is 23.1. The van der Waals surface area contributed by atoms with Crippen LogP contribution in [0.15, 0.2) is 77.7 Å². The van der Waals surface area contributed by atoms with Crippen LogP contribution in [0.1, 0.15) is 11.1 Å². The molecule has 1 amide bonds. The lowest BCUT2D eigenvalue weighted by Gasteiger charge is -2.26. The summed E-state index contributed by atoms with van der Waals surface area (Å²) in [6, 6.07) is 19.1. The summed E-state index contributed by atoms with van der Waals surface area (Å²) in [6.07, 6.45) is 0.491. The first-order chi connectivity index (χ1) is 15.3. The van der Waals surface area contributed by atoms with Gasteiger partial charge in [-0.15, -0.1) is 0 Å². The number of hydrogen-bond donors (Lipinski definition) is 1. The lowest BCUT2D eigenvalue weighted by atomic mass is 10.1. The third-order valence-electron chi connectivity index (χ3n) is 4.87. The van der Waals surface area contributed by atoms with E-state index >= 15 is 0 Å². The van der Waals surface area contributed by atoms with Crippen LogP contribution in [-0.4, -0.2) is 34.5 Å². The molecule has 3 aromatic rings. The van der Waals surface area contributed by atoms with Gasteiger partial charge in [0.05, 0.1) is 17.7 Å². The number of nitrogens with zero attached hydrogens (tertiary/aromatic N) is 1. The molecule has 168 valence electrons. The lowest BCUT2D eigenvalue weighted by molar-refractivity contribution is -0.119. The Morgan fingerprint density at radius 1 is 1.03 bits per heavy atom. The molecule has 0 radical (unpaired) electrons. The Labute approximate surface area is 187 Å². The molecule has 0 heterocycles. The third kappa shape index (κ3) is 5.64. The zero-order valence-electron chi connectivity index (χ0n) is 17.9. The Bertz CT molecular complexity index is 1170. The van der Waals surface area contributed by atoms with E-state index in [4.69, 9.17) is 4.74 Å². The van der Waals surface area contributed by atoms with Gasteiger partial charge >= 0.3 is 0 Å². The first-order valence-corrected chi connectivity index (χ1v) is 11.5. The molecule has 0 aliphatic carbocycles. The molecule has 0 saturated heterocycles. The highest BCUT2D eigenvalue weighted by Gasteiger charge is 2.29. The maximum atomic E-state index is 13.4. The Balaban J connectivity index is 1.84. The number of amides is 1. The van der Waals surface area contributed by atoms with Crippen LogP contribution in [0.4, 0.5) is 10.1 Å². The summed E-state index contributed by atoms with van der Waals surface area (Å²) in [5.41, 5.74) is 1.97. The highest BCUT2D eigenvalue weighted by Crippen LogP contribution is 2.33. The van der Waals surface area contributed by atoms with Crippen LogP contribution in [0.5, 0.6) is 5.75 Å². The number of nitrogens with one attached hydrogen (secondary N) is 1. The molecule has 0 spiro atoms. The summed E-state index contributed by atoms with van der Waals surface area (Å²) < 4.78 is 46.3. The fraction of sp³-hybridized carbons (Fsp3) is 0.208. The summed E-state index contributed by atoms with van der Waals surface area (Å²) in [5.74, 6) is -0.448. The maximum absolute atomic E-state index is 13.4. The van der Waals surface area contributed by atoms with Gasteiger partial charge in [0.2, 0.25) is 5.91 Å². The van der Waals surface area contributed by atoms with Gasteiger partial charge in [-0.05, 0) is 60.9 Å². The fourth-order valence-corrected chi connectivity index (χ4v) is 4.64. The molecule has 0 bridgehead atoms. The van der Waals surface area contributed by atoms with E-state index in [-0.39, 0.29) is 22.9 Å². The number of halogens is 1. The van der Waals surface area contributed by atoms with Crippen LogP contribution >= 0.6 is 0 Å². The van der Waals surface area contributed by atoms with Crippen molar-refractivity contribution >= 4 is 21.6 Å². The van der Waals surface area contributed by atoms with E-state index in [9.17, 15) is 17.6 Å². The highest BCUT2D eigenvalue weighted by molar-refractivity contribution is 7.92. The number of rotatable bonds is 9. The average Bonchev–Trinajstić information content (AvgIpc) is 2.79. The minimum absolute atomic E-state index is 0.0719. The van der Waals surface area contributed by atoms with E-state index in [2.05, 4.69) is 5.32 Å². The number of methoxy groups -OCH3 is 1. The quantitative estimate of drug-likeness (QED) is 0.533. The third-order valence-corrected chi connectivity index (χ3v) is 6.64. The van der Waals surface area contributed by atoms with Crippen molar-refractivity contribution in [3.63, 3.8) is 0 Å². The second-order valence-corrected chi connectivity index (χ2v) is 9.09. The van der Waals surface area contributed by atoms with Gasteiger partial charge in [-0.25, -0.2) is 12.8 Å². The van der Waals surface area contributed by atoms with Crippen LogP contribution in [0.2, 0.25) is 0 Å². The molecule has 1 N–H and O–H groups in total. The van der Waals surface area contributed by atoms with Crippen molar-refractivity contribution in [2.75, 3.05) is 24.5 Å². The van der Waals surface area contributed by atoms with Gasteiger partial charge in [-0.3, -0.25) is 9.10 Å². The van der Waals surface area contributed by atoms with E-state index in [0.717, 1.165) is 15.4 Å². The number of carbonyl (C=O) groups excluding carboxylic acids is 1. The van der Waals surface area contributed by atoms with Crippen molar-refractivity contribution in [2.24, 2.45) is 0 Å². The predicted octanol–water partition coefficient (Wildman–Crippen LogP) is 3.70. The molecule has 0 saturated carbocycles.